The molecule has 0 radical (unpaired) electrons. The van der Waals surface area contributed by atoms with Gasteiger partial charge in [0, 0.05) is 12.1 Å². The van der Waals surface area contributed by atoms with Gasteiger partial charge in [-0.15, -0.1) is 0 Å². The van der Waals surface area contributed by atoms with E-state index in [2.05, 4.69) is 24.3 Å². The molecule has 0 unspecified atom stereocenters. The summed E-state index contributed by atoms with van der Waals surface area (Å²) in [7, 11) is 0. The molecule has 0 aromatic carbocycles. The van der Waals surface area contributed by atoms with Crippen LogP contribution in [0, 0.1) is 35.5 Å². The Balaban J connectivity index is 1.37. The molecule has 0 spiro atoms. The fourth-order valence-corrected chi connectivity index (χ4v) is 6.68. The third-order valence-electron chi connectivity index (χ3n) is 7.84. The molecule has 2 nitrogen and oxygen atoms in total. The van der Waals surface area contributed by atoms with Gasteiger partial charge >= 0.3 is 0 Å². The van der Waals surface area contributed by atoms with E-state index in [9.17, 15) is 0 Å². The summed E-state index contributed by atoms with van der Waals surface area (Å²) >= 11 is 0. The lowest BCUT2D eigenvalue weighted by molar-refractivity contribution is 0.248. The highest BCUT2D eigenvalue weighted by Gasteiger charge is 2.41. The van der Waals surface area contributed by atoms with Crippen LogP contribution in [0.3, 0.4) is 0 Å². The highest BCUT2D eigenvalue weighted by Crippen LogP contribution is 2.47. The van der Waals surface area contributed by atoms with Crippen molar-refractivity contribution in [2.24, 2.45) is 47.0 Å². The Kier molecular flexibility index (Phi) is 5.15. The monoisotopic (exact) mass is 328 g/mol. The normalized spacial score (nSPS) is 48.9. The average Bonchev–Trinajstić information content (AvgIpc) is 3.08. The molecule has 4 aliphatic rings. The van der Waals surface area contributed by atoms with Crippen LogP contribution in [0.4, 0.5) is 0 Å². The summed E-state index contributed by atoms with van der Waals surface area (Å²) < 4.78 is 0. The van der Waals surface area contributed by atoms with Crippen molar-refractivity contribution in [2.45, 2.75) is 76.3 Å². The number of hydrogen-bond acceptors (Lipinski definition) is 2. The van der Waals surface area contributed by atoms with Gasteiger partial charge in [-0.2, -0.15) is 0 Å². The number of nitrogens with two attached hydrogens (primary N) is 2. The summed E-state index contributed by atoms with van der Waals surface area (Å²) in [6.07, 6.45) is 23.2. The van der Waals surface area contributed by atoms with E-state index >= 15 is 0 Å². The predicted octanol–water partition coefficient (Wildman–Crippen LogP) is 4.41. The topological polar surface area (TPSA) is 52.0 Å². The van der Waals surface area contributed by atoms with Crippen LogP contribution in [-0.2, 0) is 0 Å². The Morgan fingerprint density at radius 3 is 1.46 bits per heavy atom. The largest absolute Gasteiger partial charge is 0.327 e. The quantitative estimate of drug-likeness (QED) is 0.754. The summed E-state index contributed by atoms with van der Waals surface area (Å²) in [5.74, 6) is 4.74. The van der Waals surface area contributed by atoms with Gasteiger partial charge in [-0.3, -0.25) is 0 Å². The van der Waals surface area contributed by atoms with E-state index < -0.39 is 0 Å². The maximum absolute atomic E-state index is 6.46. The fraction of sp³-hybridized carbons (Fsp3) is 0.818. The van der Waals surface area contributed by atoms with Crippen molar-refractivity contribution >= 4 is 0 Å². The van der Waals surface area contributed by atoms with Crippen molar-refractivity contribution in [3.8, 4) is 0 Å². The van der Waals surface area contributed by atoms with Crippen LogP contribution in [0.15, 0.2) is 24.3 Å². The second-order valence-corrected chi connectivity index (χ2v) is 9.14. The Labute approximate surface area is 148 Å². The third-order valence-corrected chi connectivity index (χ3v) is 7.84. The zero-order valence-electron chi connectivity index (χ0n) is 15.2. The highest BCUT2D eigenvalue weighted by atomic mass is 14.7. The van der Waals surface area contributed by atoms with Gasteiger partial charge in [-0.25, -0.2) is 0 Å². The molecule has 4 rings (SSSR count). The number of allylic oxidation sites excluding steroid dienone is 2. The minimum atomic E-state index is 0.388. The summed E-state index contributed by atoms with van der Waals surface area (Å²) in [6, 6.07) is 0.776. The van der Waals surface area contributed by atoms with Crippen LogP contribution in [0.25, 0.3) is 0 Å². The molecule has 0 bridgehead atoms. The van der Waals surface area contributed by atoms with Crippen LogP contribution < -0.4 is 11.5 Å². The smallest absolute Gasteiger partial charge is 0.0107 e. The minimum absolute atomic E-state index is 0.388. The van der Waals surface area contributed by atoms with Crippen LogP contribution in [0.2, 0.25) is 0 Å². The van der Waals surface area contributed by atoms with E-state index in [1.54, 1.807) is 0 Å². The van der Waals surface area contributed by atoms with Crippen LogP contribution in [0.5, 0.6) is 0 Å². The molecule has 0 amide bonds. The van der Waals surface area contributed by atoms with Crippen molar-refractivity contribution in [2.75, 3.05) is 0 Å². The third kappa shape index (κ3) is 3.24. The first kappa shape index (κ1) is 16.8. The van der Waals surface area contributed by atoms with Gasteiger partial charge in [-0.1, -0.05) is 62.8 Å². The van der Waals surface area contributed by atoms with Gasteiger partial charge in [0.1, 0.15) is 0 Å². The molecule has 0 heterocycles. The summed E-state index contributed by atoms with van der Waals surface area (Å²) in [6.45, 7) is 0. The second kappa shape index (κ2) is 7.33. The molecule has 134 valence electrons. The van der Waals surface area contributed by atoms with Crippen molar-refractivity contribution in [3.63, 3.8) is 0 Å². The first-order chi connectivity index (χ1) is 11.7. The van der Waals surface area contributed by atoms with Gasteiger partial charge in [-0.05, 0) is 61.2 Å². The van der Waals surface area contributed by atoms with Crippen molar-refractivity contribution < 1.29 is 0 Å². The lowest BCUT2D eigenvalue weighted by Crippen LogP contribution is -2.27. The van der Waals surface area contributed by atoms with Crippen molar-refractivity contribution in [1.82, 2.24) is 0 Å². The van der Waals surface area contributed by atoms with E-state index in [-0.39, 0.29) is 0 Å². The van der Waals surface area contributed by atoms with E-state index in [1.165, 1.54) is 64.2 Å². The minimum Gasteiger partial charge on any atom is -0.327 e. The lowest BCUT2D eigenvalue weighted by atomic mass is 9.77. The molecule has 0 saturated heterocycles. The fourth-order valence-electron chi connectivity index (χ4n) is 6.68. The summed E-state index contributed by atoms with van der Waals surface area (Å²) in [5, 5.41) is 0. The number of fused-ring (bicyclic) bond motifs is 2. The van der Waals surface area contributed by atoms with Crippen LogP contribution in [-0.4, -0.2) is 12.1 Å². The average molecular weight is 329 g/mol. The molecule has 8 atom stereocenters. The summed E-state index contributed by atoms with van der Waals surface area (Å²) in [4.78, 5) is 0. The van der Waals surface area contributed by atoms with Crippen molar-refractivity contribution in [3.05, 3.63) is 24.3 Å². The van der Waals surface area contributed by atoms with Gasteiger partial charge in [0.25, 0.3) is 0 Å². The van der Waals surface area contributed by atoms with E-state index in [0.717, 1.165) is 23.7 Å². The first-order valence-electron chi connectivity index (χ1n) is 10.6. The maximum Gasteiger partial charge on any atom is 0.0107 e. The Hall–Kier alpha value is -0.600. The molecular weight excluding hydrogens is 292 g/mol. The van der Waals surface area contributed by atoms with Gasteiger partial charge < -0.3 is 11.5 Å². The molecule has 4 aliphatic carbocycles. The van der Waals surface area contributed by atoms with Crippen molar-refractivity contribution in [1.29, 1.82) is 0 Å². The Morgan fingerprint density at radius 2 is 1.00 bits per heavy atom. The van der Waals surface area contributed by atoms with Gasteiger partial charge in [0.05, 0.1) is 0 Å². The van der Waals surface area contributed by atoms with Gasteiger partial charge in [0.2, 0.25) is 0 Å². The first-order valence-corrected chi connectivity index (χ1v) is 10.6. The van der Waals surface area contributed by atoms with Gasteiger partial charge in [0.15, 0.2) is 0 Å². The molecule has 4 N–H and O–H groups in total. The second-order valence-electron chi connectivity index (χ2n) is 9.14. The SMILES string of the molecule is N[C@@H]1C[C@@H]2CCCC[C@H]2[C@@H]1/C=C/C=C/[C@H]1[C@@H]2CCCC[C@H]2C[C@H]1N. The van der Waals surface area contributed by atoms with E-state index in [4.69, 9.17) is 11.5 Å². The lowest BCUT2D eigenvalue weighted by Gasteiger charge is -2.28. The maximum atomic E-state index is 6.46. The highest BCUT2D eigenvalue weighted by molar-refractivity contribution is 5.14. The zero-order chi connectivity index (χ0) is 16.5. The summed E-state index contributed by atoms with van der Waals surface area (Å²) in [5.41, 5.74) is 12.9. The molecular formula is C22H36N2. The molecule has 24 heavy (non-hydrogen) atoms. The Morgan fingerprint density at radius 1 is 0.583 bits per heavy atom. The van der Waals surface area contributed by atoms with E-state index in [1.807, 2.05) is 0 Å². The molecule has 0 aliphatic heterocycles. The van der Waals surface area contributed by atoms with E-state index in [0.29, 0.717) is 23.9 Å². The molecule has 0 aromatic rings. The zero-order valence-corrected chi connectivity index (χ0v) is 15.2. The standard InChI is InChI=1S/C22H36N2/c23-21-13-15-7-1-3-9-17(15)19(21)11-5-6-12-20-18-10-4-2-8-16(18)14-22(20)24/h5-6,11-12,15-22H,1-4,7-10,13-14,23-24H2/b11-5+,12-6+/t15-,16-,17+,18+,19-,20-,21+,22+/m0/s1. The number of hydrogen-bond donors (Lipinski definition) is 2. The molecule has 0 aromatic heterocycles. The molecule has 2 heteroatoms. The number of rotatable bonds is 3. The predicted molar refractivity (Wildman–Crippen MR) is 101 cm³/mol. The molecule has 4 saturated carbocycles. The van der Waals surface area contributed by atoms with Crippen LogP contribution in [0.1, 0.15) is 64.2 Å². The Bertz CT molecular complexity index is 438. The van der Waals surface area contributed by atoms with Crippen LogP contribution >= 0.6 is 0 Å². The molecule has 4 fully saturated rings.